The van der Waals surface area contributed by atoms with Crippen molar-refractivity contribution in [2.24, 2.45) is 23.4 Å². The summed E-state index contributed by atoms with van der Waals surface area (Å²) in [6.07, 6.45) is 0.739. The van der Waals surface area contributed by atoms with Crippen molar-refractivity contribution in [3.05, 3.63) is 50.8 Å². The number of rotatable bonds is 3. The van der Waals surface area contributed by atoms with Gasteiger partial charge in [0.2, 0.25) is 0 Å². The van der Waals surface area contributed by atoms with E-state index in [4.69, 9.17) is 0 Å². The van der Waals surface area contributed by atoms with E-state index in [9.17, 15) is 18.4 Å². The Labute approximate surface area is 176 Å². The molecule has 2 aromatic heterocycles. The molecule has 0 saturated carbocycles. The molecule has 0 bridgehead atoms. The molecule has 4 rings (SSSR count). The van der Waals surface area contributed by atoms with E-state index in [1.807, 2.05) is 20.8 Å². The molecular weight excluding hydrogens is 408 g/mol. The van der Waals surface area contributed by atoms with Crippen LogP contribution in [0.4, 0.5) is 8.78 Å². The van der Waals surface area contributed by atoms with Crippen LogP contribution in [0.15, 0.2) is 38.1 Å². The van der Waals surface area contributed by atoms with Gasteiger partial charge in [0.05, 0.1) is 5.92 Å². The fraction of sp³-hybridized carbons (Fsp3) is 0.524. The van der Waals surface area contributed by atoms with Crippen LogP contribution in [0.3, 0.4) is 0 Å². The molecule has 2 aliphatic rings. The molecule has 1 fully saturated rings. The molecule has 2 aromatic rings. The normalized spacial score (nSPS) is 20.0. The molecule has 8 nitrogen and oxygen atoms in total. The maximum absolute atomic E-state index is 14.8. The topological polar surface area (TPSA) is 85.6 Å². The van der Waals surface area contributed by atoms with E-state index in [1.165, 1.54) is 26.4 Å². The minimum atomic E-state index is -3.08. The minimum Gasteiger partial charge on any atom is -0.364 e. The summed E-state index contributed by atoms with van der Waals surface area (Å²) in [7, 11) is 1.55. The molecule has 1 unspecified atom stereocenters. The van der Waals surface area contributed by atoms with E-state index in [0.717, 1.165) is 0 Å². The van der Waals surface area contributed by atoms with Crippen LogP contribution < -0.4 is 16.5 Å². The highest BCUT2D eigenvalue weighted by Gasteiger charge is 2.48. The van der Waals surface area contributed by atoms with Crippen molar-refractivity contribution in [1.29, 1.82) is 0 Å². The van der Waals surface area contributed by atoms with E-state index < -0.39 is 24.2 Å². The lowest BCUT2D eigenvalue weighted by Crippen LogP contribution is -2.50. The van der Waals surface area contributed by atoms with E-state index in [-0.39, 0.29) is 41.1 Å². The number of nitrogens with zero attached hydrogens (tertiary/aromatic N) is 5. The molecule has 10 heteroatoms. The number of imidazole rings is 1. The number of carbonyl (C=O) groups excluding carboxylic acids is 1. The van der Waals surface area contributed by atoms with Crippen LogP contribution in [0.5, 0.6) is 0 Å². The Bertz CT molecular complexity index is 1280. The number of fused-ring (bicyclic) bond motifs is 1. The maximum atomic E-state index is 14.8. The zero-order valence-electron chi connectivity index (χ0n) is 17.8. The summed E-state index contributed by atoms with van der Waals surface area (Å²) in [5.41, 5.74) is 5.43. The van der Waals surface area contributed by atoms with Gasteiger partial charge in [0.1, 0.15) is 17.3 Å². The molecule has 1 amide bonds. The number of alkyl halides is 2. The van der Waals surface area contributed by atoms with Crippen molar-refractivity contribution >= 4 is 11.6 Å². The summed E-state index contributed by atoms with van der Waals surface area (Å²) in [5, 5.41) is 4.01. The fourth-order valence-electron chi connectivity index (χ4n) is 3.81. The lowest BCUT2D eigenvalue weighted by Gasteiger charge is -2.37. The minimum absolute atomic E-state index is 0.0290. The van der Waals surface area contributed by atoms with Gasteiger partial charge in [-0.15, -0.1) is 0 Å². The molecule has 31 heavy (non-hydrogen) atoms. The van der Waals surface area contributed by atoms with Crippen LogP contribution >= 0.6 is 0 Å². The molecule has 0 aliphatic carbocycles. The summed E-state index contributed by atoms with van der Waals surface area (Å²) in [6, 6.07) is 1.39. The molecule has 0 N–H and O–H groups in total. The molecule has 0 spiro atoms. The Morgan fingerprint density at radius 3 is 2.74 bits per heavy atom. The number of aromatic nitrogens is 3. The lowest BCUT2D eigenvalue weighted by molar-refractivity contribution is -0.0860. The van der Waals surface area contributed by atoms with Gasteiger partial charge in [0.25, 0.3) is 11.8 Å². The highest BCUT2D eigenvalue weighted by atomic mass is 19.3. The van der Waals surface area contributed by atoms with Crippen LogP contribution in [-0.2, 0) is 13.6 Å². The molecular formula is C21H23F2N5O3. The average molecular weight is 431 g/mol. The zero-order valence-corrected chi connectivity index (χ0v) is 17.8. The Kier molecular flexibility index (Phi) is 4.87. The second-order valence-corrected chi connectivity index (χ2v) is 9.11. The number of carbonyl (C=O) groups is 1. The van der Waals surface area contributed by atoms with E-state index >= 15 is 0 Å². The molecule has 4 heterocycles. The highest BCUT2D eigenvalue weighted by molar-refractivity contribution is 5.92. The first-order valence-corrected chi connectivity index (χ1v) is 9.95. The summed E-state index contributed by atoms with van der Waals surface area (Å²) in [5.74, 6) is -4.94. The Morgan fingerprint density at radius 2 is 2.10 bits per heavy atom. The predicted octanol–water partition coefficient (Wildman–Crippen LogP) is 1.07. The smallest absolute Gasteiger partial charge is 0.330 e. The predicted molar refractivity (Wildman–Crippen MR) is 106 cm³/mol. The molecule has 164 valence electrons. The molecule has 1 saturated heterocycles. The first-order chi connectivity index (χ1) is 14.5. The van der Waals surface area contributed by atoms with E-state index in [2.05, 4.69) is 26.1 Å². The summed E-state index contributed by atoms with van der Waals surface area (Å²) < 4.78 is 37.2. The Balaban J connectivity index is 1.76. The first kappa shape index (κ1) is 21.0. The monoisotopic (exact) mass is 431 g/mol. The first-order valence-electron chi connectivity index (χ1n) is 9.95. The number of likely N-dealkylation sites (tertiary alicyclic amines) is 1. The van der Waals surface area contributed by atoms with Gasteiger partial charge in [-0.05, 0) is 16.9 Å². The third-order valence-electron chi connectivity index (χ3n) is 5.39. The Morgan fingerprint density at radius 1 is 1.35 bits per heavy atom. The van der Waals surface area contributed by atoms with Crippen molar-refractivity contribution in [2.45, 2.75) is 39.7 Å². The lowest BCUT2D eigenvalue weighted by atomic mass is 9.90. The zero-order chi connectivity index (χ0) is 22.6. The highest BCUT2D eigenvalue weighted by Crippen LogP contribution is 2.38. The van der Waals surface area contributed by atoms with Gasteiger partial charge in [-0.3, -0.25) is 13.9 Å². The second-order valence-electron chi connectivity index (χ2n) is 9.11. The third kappa shape index (κ3) is 3.80. The van der Waals surface area contributed by atoms with Gasteiger partial charge in [-0.1, -0.05) is 25.9 Å². The Hall–Kier alpha value is -3.22. The van der Waals surface area contributed by atoms with E-state index in [1.54, 1.807) is 7.05 Å². The molecule has 0 radical (unpaired) electrons. The average Bonchev–Trinajstić information content (AvgIpc) is 3.30. The summed E-state index contributed by atoms with van der Waals surface area (Å²) in [6.45, 7) is 6.04. The number of hydrogen-bond acceptors (Lipinski definition) is 5. The molecule has 1 atom stereocenters. The van der Waals surface area contributed by atoms with Crippen LogP contribution in [0.25, 0.3) is 5.73 Å². The standard InChI is InChI=1S/C21H23F2N5O3/c1-20(2,3)12-28-16-6-5-14(24-17(16)26(4)19(28)30)13-11-27(9-8-21(13,22)23)18(29)15-7-10-31-25-15/h7,10,13H,8-9,11-12H2,1-4H3. The summed E-state index contributed by atoms with van der Waals surface area (Å²) >= 11 is 0. The number of hydrogen-bond donors (Lipinski definition) is 0. The number of amides is 1. The molecule has 2 aliphatic heterocycles. The number of piperidine rings is 1. The van der Waals surface area contributed by atoms with Crippen molar-refractivity contribution < 1.29 is 18.1 Å². The van der Waals surface area contributed by atoms with Crippen LogP contribution in [0, 0.1) is 11.3 Å². The van der Waals surface area contributed by atoms with Crippen LogP contribution in [0.1, 0.15) is 37.7 Å². The number of halogens is 2. The van der Waals surface area contributed by atoms with Gasteiger partial charge in [-0.25, -0.2) is 18.6 Å². The van der Waals surface area contributed by atoms with Crippen molar-refractivity contribution in [3.63, 3.8) is 0 Å². The SMILES string of the molecule is Cn1c2c(n(CC(C)(C)C)c1=O)=C=C=C(C1CN(C(=O)c3ccon3)CCC1(F)F)N=2. The summed E-state index contributed by atoms with van der Waals surface area (Å²) in [4.78, 5) is 30.9. The van der Waals surface area contributed by atoms with Gasteiger partial charge in [0, 0.05) is 39.2 Å². The maximum Gasteiger partial charge on any atom is 0.330 e. The quantitative estimate of drug-likeness (QED) is 0.681. The third-order valence-corrected chi connectivity index (χ3v) is 5.39. The van der Waals surface area contributed by atoms with Crippen LogP contribution in [-0.4, -0.2) is 44.1 Å². The second kappa shape index (κ2) is 7.18. The van der Waals surface area contributed by atoms with Gasteiger partial charge >= 0.3 is 5.69 Å². The fourth-order valence-corrected chi connectivity index (χ4v) is 3.81. The molecule has 0 aromatic carbocycles. The van der Waals surface area contributed by atoms with Gasteiger partial charge < -0.3 is 9.42 Å². The van der Waals surface area contributed by atoms with Crippen molar-refractivity contribution in [1.82, 2.24) is 19.2 Å². The van der Waals surface area contributed by atoms with Crippen molar-refractivity contribution in [2.75, 3.05) is 13.1 Å². The van der Waals surface area contributed by atoms with Gasteiger partial charge in [-0.2, -0.15) is 0 Å². The van der Waals surface area contributed by atoms with Gasteiger partial charge in [0.15, 0.2) is 11.2 Å². The van der Waals surface area contributed by atoms with Crippen molar-refractivity contribution in [3.8, 4) is 0 Å². The largest absolute Gasteiger partial charge is 0.364 e. The van der Waals surface area contributed by atoms with Crippen LogP contribution in [0.2, 0.25) is 0 Å². The van der Waals surface area contributed by atoms with E-state index in [0.29, 0.717) is 11.9 Å².